The van der Waals surface area contributed by atoms with Crippen LogP contribution >= 0.6 is 24.8 Å². The van der Waals surface area contributed by atoms with Crippen LogP contribution in [0, 0.1) is 13.8 Å². The third-order valence-electron chi connectivity index (χ3n) is 3.52. The fourth-order valence-electron chi connectivity index (χ4n) is 1.99. The first-order valence-electron chi connectivity index (χ1n) is 7.17. The lowest BCUT2D eigenvalue weighted by molar-refractivity contribution is 0.254. The predicted molar refractivity (Wildman–Crippen MR) is 99.5 cm³/mol. The van der Waals surface area contributed by atoms with E-state index in [1.54, 1.807) is 13.8 Å². The van der Waals surface area contributed by atoms with Crippen LogP contribution in [-0.2, 0) is 26.4 Å². The summed E-state index contributed by atoms with van der Waals surface area (Å²) >= 11 is 0. The molecule has 26 heavy (non-hydrogen) atoms. The minimum atomic E-state index is -0.287. The standard InChI is InChI=1S/2C8H11NO3.2ClH/c2*1-5-8(12)7(4-11)6(3-10)2-9-5;;/h2*2,10-12H,3-4H2,1H3;2*1H. The number of aliphatic hydroxyl groups is 4. The van der Waals surface area contributed by atoms with E-state index in [0.29, 0.717) is 33.6 Å². The zero-order valence-electron chi connectivity index (χ0n) is 14.4. The van der Waals surface area contributed by atoms with E-state index in [-0.39, 0.29) is 62.7 Å². The second-order valence-electron chi connectivity index (χ2n) is 5.02. The Morgan fingerprint density at radius 2 is 0.962 bits per heavy atom. The molecule has 0 saturated heterocycles. The highest BCUT2D eigenvalue weighted by Gasteiger charge is 2.10. The van der Waals surface area contributed by atoms with E-state index >= 15 is 0 Å². The molecular formula is C16H24Cl2N2O6. The van der Waals surface area contributed by atoms with Crippen molar-refractivity contribution in [1.82, 2.24) is 9.97 Å². The summed E-state index contributed by atoms with van der Waals surface area (Å²) in [7, 11) is 0. The minimum Gasteiger partial charge on any atom is -0.506 e. The van der Waals surface area contributed by atoms with Crippen LogP contribution in [0.5, 0.6) is 11.5 Å². The molecule has 0 saturated carbocycles. The largest absolute Gasteiger partial charge is 0.506 e. The Labute approximate surface area is 163 Å². The van der Waals surface area contributed by atoms with Gasteiger partial charge in [0, 0.05) is 34.6 Å². The molecule has 8 nitrogen and oxygen atoms in total. The van der Waals surface area contributed by atoms with Crippen molar-refractivity contribution in [3.05, 3.63) is 46.0 Å². The van der Waals surface area contributed by atoms with Crippen LogP contribution in [-0.4, -0.2) is 40.6 Å². The van der Waals surface area contributed by atoms with Gasteiger partial charge in [-0.05, 0) is 13.8 Å². The lowest BCUT2D eigenvalue weighted by Gasteiger charge is -2.07. The average Bonchev–Trinajstić information content (AvgIpc) is 2.59. The molecule has 0 fully saturated rings. The highest BCUT2D eigenvalue weighted by atomic mass is 35.5. The molecule has 0 amide bonds. The molecule has 6 N–H and O–H groups in total. The summed E-state index contributed by atoms with van der Waals surface area (Å²) < 4.78 is 0. The van der Waals surface area contributed by atoms with Gasteiger partial charge >= 0.3 is 0 Å². The fraction of sp³-hybridized carbons (Fsp3) is 0.375. The lowest BCUT2D eigenvalue weighted by atomic mass is 10.1. The molecule has 2 heterocycles. The zero-order chi connectivity index (χ0) is 18.3. The number of hydrogen-bond donors (Lipinski definition) is 6. The van der Waals surface area contributed by atoms with Crippen molar-refractivity contribution in [3.63, 3.8) is 0 Å². The third-order valence-corrected chi connectivity index (χ3v) is 3.52. The van der Waals surface area contributed by atoms with Crippen molar-refractivity contribution in [2.75, 3.05) is 0 Å². The molecule has 0 aliphatic rings. The van der Waals surface area contributed by atoms with E-state index < -0.39 is 0 Å². The normalized spacial score (nSPS) is 9.46. The average molecular weight is 411 g/mol. The van der Waals surface area contributed by atoms with Gasteiger partial charge in [-0.1, -0.05) is 0 Å². The van der Waals surface area contributed by atoms with Gasteiger partial charge in [0.1, 0.15) is 11.5 Å². The molecule has 0 bridgehead atoms. The number of aryl methyl sites for hydroxylation is 2. The highest BCUT2D eigenvalue weighted by Crippen LogP contribution is 2.24. The van der Waals surface area contributed by atoms with Crippen LogP contribution in [0.4, 0.5) is 0 Å². The van der Waals surface area contributed by atoms with Crippen molar-refractivity contribution >= 4 is 24.8 Å². The van der Waals surface area contributed by atoms with Gasteiger partial charge in [-0.15, -0.1) is 24.8 Å². The van der Waals surface area contributed by atoms with Gasteiger partial charge in [0.25, 0.3) is 0 Å². The molecule has 2 aromatic heterocycles. The van der Waals surface area contributed by atoms with Gasteiger partial charge < -0.3 is 30.6 Å². The fourth-order valence-corrected chi connectivity index (χ4v) is 1.99. The number of aromatic hydroxyl groups is 2. The van der Waals surface area contributed by atoms with Crippen LogP contribution in [0.3, 0.4) is 0 Å². The quantitative estimate of drug-likeness (QED) is 0.437. The summed E-state index contributed by atoms with van der Waals surface area (Å²) in [6.45, 7) is 2.24. The number of aliphatic hydroxyl groups excluding tert-OH is 4. The summed E-state index contributed by atoms with van der Waals surface area (Å²) in [6.07, 6.45) is 2.89. The first-order chi connectivity index (χ1) is 11.4. The van der Waals surface area contributed by atoms with Gasteiger partial charge in [0.05, 0.1) is 37.8 Å². The van der Waals surface area contributed by atoms with Crippen LogP contribution in [0.2, 0.25) is 0 Å². The molecule has 2 aromatic rings. The summed E-state index contributed by atoms with van der Waals surface area (Å²) in [5.74, 6) is -0.0758. The molecule has 0 aliphatic heterocycles. The molecule has 0 radical (unpaired) electrons. The molecule has 0 unspecified atom stereocenters. The minimum absolute atomic E-state index is 0. The second-order valence-corrected chi connectivity index (χ2v) is 5.02. The summed E-state index contributed by atoms with van der Waals surface area (Å²) in [6, 6.07) is 0. The van der Waals surface area contributed by atoms with Gasteiger partial charge in [0.15, 0.2) is 0 Å². The number of hydrogen-bond acceptors (Lipinski definition) is 8. The van der Waals surface area contributed by atoms with Crippen molar-refractivity contribution in [1.29, 1.82) is 0 Å². The summed E-state index contributed by atoms with van der Waals surface area (Å²) in [4.78, 5) is 7.67. The Hall–Kier alpha value is -1.68. The van der Waals surface area contributed by atoms with Gasteiger partial charge in [-0.3, -0.25) is 9.97 Å². The van der Waals surface area contributed by atoms with E-state index in [9.17, 15) is 10.2 Å². The number of pyridine rings is 2. The Kier molecular flexibility index (Phi) is 12.9. The molecule has 2 rings (SSSR count). The lowest BCUT2D eigenvalue weighted by Crippen LogP contribution is -1.98. The van der Waals surface area contributed by atoms with E-state index in [0.717, 1.165) is 0 Å². The molecule has 0 atom stereocenters. The van der Waals surface area contributed by atoms with Crippen LogP contribution in [0.25, 0.3) is 0 Å². The first kappa shape index (κ1) is 26.5. The smallest absolute Gasteiger partial charge is 0.142 e. The van der Waals surface area contributed by atoms with E-state index in [1.807, 2.05) is 0 Å². The van der Waals surface area contributed by atoms with E-state index in [4.69, 9.17) is 20.4 Å². The van der Waals surface area contributed by atoms with Gasteiger partial charge in [-0.25, -0.2) is 0 Å². The maximum atomic E-state index is 9.38. The highest BCUT2D eigenvalue weighted by molar-refractivity contribution is 5.85. The van der Waals surface area contributed by atoms with Crippen LogP contribution < -0.4 is 0 Å². The monoisotopic (exact) mass is 410 g/mol. The predicted octanol–water partition coefficient (Wildman–Crippen LogP) is 1.00. The van der Waals surface area contributed by atoms with Crippen LogP contribution in [0.15, 0.2) is 12.4 Å². The SMILES string of the molecule is Cc1ncc(CO)c(CO)c1O.Cc1ncc(CO)c(CO)c1O.Cl.Cl. The molecule has 10 heteroatoms. The topological polar surface area (TPSA) is 147 Å². The van der Waals surface area contributed by atoms with E-state index in [2.05, 4.69) is 9.97 Å². The third kappa shape index (κ3) is 6.24. The van der Waals surface area contributed by atoms with Crippen molar-refractivity contribution in [2.24, 2.45) is 0 Å². The summed E-state index contributed by atoms with van der Waals surface area (Å²) in [5, 5.41) is 54.1. The van der Waals surface area contributed by atoms with Crippen molar-refractivity contribution in [3.8, 4) is 11.5 Å². The number of nitrogens with zero attached hydrogens (tertiary/aromatic N) is 2. The van der Waals surface area contributed by atoms with Crippen molar-refractivity contribution in [2.45, 2.75) is 40.3 Å². The molecular weight excluding hydrogens is 387 g/mol. The maximum absolute atomic E-state index is 9.38. The van der Waals surface area contributed by atoms with E-state index in [1.165, 1.54) is 12.4 Å². The number of aromatic nitrogens is 2. The Morgan fingerprint density at radius 1 is 0.654 bits per heavy atom. The maximum Gasteiger partial charge on any atom is 0.142 e. The molecule has 0 aromatic carbocycles. The molecule has 0 spiro atoms. The first-order valence-corrected chi connectivity index (χ1v) is 7.17. The second kappa shape index (κ2) is 12.6. The Morgan fingerprint density at radius 3 is 1.19 bits per heavy atom. The molecule has 0 aliphatic carbocycles. The number of rotatable bonds is 4. The Bertz CT molecular complexity index is 641. The number of halogens is 2. The van der Waals surface area contributed by atoms with Gasteiger partial charge in [-0.2, -0.15) is 0 Å². The van der Waals surface area contributed by atoms with Crippen LogP contribution in [0.1, 0.15) is 33.6 Å². The Balaban J connectivity index is 0. The molecule has 148 valence electrons. The van der Waals surface area contributed by atoms with Crippen molar-refractivity contribution < 1.29 is 30.6 Å². The zero-order valence-corrected chi connectivity index (χ0v) is 16.0. The summed E-state index contributed by atoms with van der Waals surface area (Å²) in [5.41, 5.74) is 2.53. The van der Waals surface area contributed by atoms with Gasteiger partial charge in [0.2, 0.25) is 0 Å².